The highest BCUT2D eigenvalue weighted by molar-refractivity contribution is 5.86. The summed E-state index contributed by atoms with van der Waals surface area (Å²) < 4.78 is 0. The molecular weight excluding hydrogens is 190 g/mol. The maximum atomic E-state index is 10.5. The van der Waals surface area contributed by atoms with E-state index < -0.39 is 5.97 Å². The predicted octanol–water partition coefficient (Wildman–Crippen LogP) is 2.49. The van der Waals surface area contributed by atoms with Gasteiger partial charge in [-0.2, -0.15) is 0 Å². The molecule has 0 unspecified atom stereocenters. The molecule has 0 amide bonds. The summed E-state index contributed by atoms with van der Waals surface area (Å²) in [7, 11) is 0. The second-order valence-corrected chi connectivity index (χ2v) is 3.71. The molecule has 3 nitrogen and oxygen atoms in total. The van der Waals surface area contributed by atoms with Crippen molar-refractivity contribution < 1.29 is 9.90 Å². The maximum absolute atomic E-state index is 10.5. The van der Waals surface area contributed by atoms with Crippen molar-refractivity contribution in [3.05, 3.63) is 35.5 Å². The van der Waals surface area contributed by atoms with E-state index in [1.165, 1.54) is 10.9 Å². The van der Waals surface area contributed by atoms with E-state index in [0.717, 1.165) is 11.1 Å². The molecule has 15 heavy (non-hydrogen) atoms. The zero-order valence-corrected chi connectivity index (χ0v) is 8.58. The van der Waals surface area contributed by atoms with Gasteiger partial charge in [0.05, 0.1) is 0 Å². The number of fused-ring (bicyclic) bond motifs is 1. The molecular formula is C12H13NO2. The van der Waals surface area contributed by atoms with E-state index >= 15 is 0 Å². The van der Waals surface area contributed by atoms with Crippen molar-refractivity contribution in [3.63, 3.8) is 0 Å². The van der Waals surface area contributed by atoms with Gasteiger partial charge in [-0.1, -0.05) is 12.1 Å². The molecule has 2 rings (SSSR count). The summed E-state index contributed by atoms with van der Waals surface area (Å²) in [6.45, 7) is 2.04. The van der Waals surface area contributed by atoms with E-state index in [0.29, 0.717) is 6.42 Å². The second-order valence-electron chi connectivity index (χ2n) is 3.71. The third kappa shape index (κ3) is 1.86. The monoisotopic (exact) mass is 203 g/mol. The van der Waals surface area contributed by atoms with Gasteiger partial charge in [-0.25, -0.2) is 0 Å². The SMILES string of the molecule is Cc1cccc2[nH]cc(CCC(=O)O)c12. The Hall–Kier alpha value is -1.77. The van der Waals surface area contributed by atoms with Crippen LogP contribution in [0.15, 0.2) is 24.4 Å². The van der Waals surface area contributed by atoms with Crippen LogP contribution in [0.2, 0.25) is 0 Å². The van der Waals surface area contributed by atoms with Gasteiger partial charge in [0, 0.05) is 23.5 Å². The van der Waals surface area contributed by atoms with Crippen molar-refractivity contribution in [2.75, 3.05) is 0 Å². The molecule has 1 heterocycles. The van der Waals surface area contributed by atoms with E-state index in [1.807, 2.05) is 31.3 Å². The summed E-state index contributed by atoms with van der Waals surface area (Å²) in [6, 6.07) is 6.04. The molecule has 0 atom stereocenters. The number of nitrogens with one attached hydrogen (secondary N) is 1. The zero-order valence-electron chi connectivity index (χ0n) is 8.58. The molecule has 1 aromatic carbocycles. The number of carboxylic acids is 1. The van der Waals surface area contributed by atoms with Gasteiger partial charge in [-0.05, 0) is 30.5 Å². The number of carboxylic acid groups (broad SMARTS) is 1. The van der Waals surface area contributed by atoms with Crippen LogP contribution in [0.3, 0.4) is 0 Å². The lowest BCUT2D eigenvalue weighted by Gasteiger charge is -1.99. The smallest absolute Gasteiger partial charge is 0.303 e. The van der Waals surface area contributed by atoms with Crippen molar-refractivity contribution >= 4 is 16.9 Å². The predicted molar refractivity (Wildman–Crippen MR) is 59.0 cm³/mol. The lowest BCUT2D eigenvalue weighted by molar-refractivity contribution is -0.136. The molecule has 0 bridgehead atoms. The fourth-order valence-corrected chi connectivity index (χ4v) is 1.89. The van der Waals surface area contributed by atoms with Gasteiger partial charge in [-0.15, -0.1) is 0 Å². The molecule has 0 saturated heterocycles. The number of hydrogen-bond acceptors (Lipinski definition) is 1. The van der Waals surface area contributed by atoms with Gasteiger partial charge in [0.15, 0.2) is 0 Å². The number of rotatable bonds is 3. The Labute approximate surface area is 87.7 Å². The number of aryl methyl sites for hydroxylation is 2. The minimum Gasteiger partial charge on any atom is -0.481 e. The topological polar surface area (TPSA) is 53.1 Å². The average molecular weight is 203 g/mol. The normalized spacial score (nSPS) is 10.7. The minimum absolute atomic E-state index is 0.182. The van der Waals surface area contributed by atoms with Crippen LogP contribution in [0.5, 0.6) is 0 Å². The van der Waals surface area contributed by atoms with E-state index in [-0.39, 0.29) is 6.42 Å². The molecule has 2 aromatic rings. The molecule has 0 aliphatic rings. The summed E-state index contributed by atoms with van der Waals surface area (Å²) in [5.41, 5.74) is 3.36. The summed E-state index contributed by atoms with van der Waals surface area (Å²) >= 11 is 0. The van der Waals surface area contributed by atoms with Crippen LogP contribution >= 0.6 is 0 Å². The molecule has 3 heteroatoms. The van der Waals surface area contributed by atoms with E-state index in [4.69, 9.17) is 5.11 Å². The third-order valence-electron chi connectivity index (χ3n) is 2.60. The number of H-pyrrole nitrogens is 1. The van der Waals surface area contributed by atoms with Crippen LogP contribution < -0.4 is 0 Å². The molecule has 0 saturated carbocycles. The highest BCUT2D eigenvalue weighted by Crippen LogP contribution is 2.22. The highest BCUT2D eigenvalue weighted by Gasteiger charge is 2.07. The molecule has 0 spiro atoms. The molecule has 78 valence electrons. The van der Waals surface area contributed by atoms with E-state index in [1.54, 1.807) is 0 Å². The molecule has 0 fully saturated rings. The van der Waals surface area contributed by atoms with Crippen molar-refractivity contribution in [1.82, 2.24) is 4.98 Å². The Morgan fingerprint density at radius 2 is 2.27 bits per heavy atom. The Morgan fingerprint density at radius 1 is 1.47 bits per heavy atom. The first kappa shape index (κ1) is 9.77. The maximum Gasteiger partial charge on any atom is 0.303 e. The molecule has 0 aliphatic heterocycles. The van der Waals surface area contributed by atoms with Crippen molar-refractivity contribution in [2.24, 2.45) is 0 Å². The second kappa shape index (κ2) is 3.77. The molecule has 0 aliphatic carbocycles. The number of carbonyl (C=O) groups is 1. The average Bonchev–Trinajstić information content (AvgIpc) is 2.59. The quantitative estimate of drug-likeness (QED) is 0.805. The summed E-state index contributed by atoms with van der Waals surface area (Å²) in [4.78, 5) is 13.7. The Morgan fingerprint density at radius 3 is 3.00 bits per heavy atom. The highest BCUT2D eigenvalue weighted by atomic mass is 16.4. The third-order valence-corrected chi connectivity index (χ3v) is 2.60. The van der Waals surface area contributed by atoms with Gasteiger partial charge in [0.2, 0.25) is 0 Å². The summed E-state index contributed by atoms with van der Waals surface area (Å²) in [5.74, 6) is -0.752. The van der Waals surface area contributed by atoms with Gasteiger partial charge < -0.3 is 10.1 Å². The van der Waals surface area contributed by atoms with Crippen molar-refractivity contribution in [2.45, 2.75) is 19.8 Å². The van der Waals surface area contributed by atoms with Crippen LogP contribution in [0, 0.1) is 6.92 Å². The largest absolute Gasteiger partial charge is 0.481 e. The fourth-order valence-electron chi connectivity index (χ4n) is 1.89. The Balaban J connectivity index is 2.39. The molecule has 1 aromatic heterocycles. The number of aromatic nitrogens is 1. The summed E-state index contributed by atoms with van der Waals surface area (Å²) in [6.07, 6.45) is 2.67. The Bertz CT molecular complexity index is 499. The number of hydrogen-bond donors (Lipinski definition) is 2. The van der Waals surface area contributed by atoms with Gasteiger partial charge in [0.25, 0.3) is 0 Å². The van der Waals surface area contributed by atoms with Crippen LogP contribution in [0.4, 0.5) is 0 Å². The lowest BCUT2D eigenvalue weighted by Crippen LogP contribution is -1.96. The van der Waals surface area contributed by atoms with Crippen LogP contribution in [0.25, 0.3) is 10.9 Å². The van der Waals surface area contributed by atoms with Gasteiger partial charge in [0.1, 0.15) is 0 Å². The zero-order chi connectivity index (χ0) is 10.8. The first-order chi connectivity index (χ1) is 7.18. The first-order valence-corrected chi connectivity index (χ1v) is 4.96. The Kier molecular flexibility index (Phi) is 2.46. The van der Waals surface area contributed by atoms with E-state index in [2.05, 4.69) is 4.98 Å². The lowest BCUT2D eigenvalue weighted by atomic mass is 10.0. The van der Waals surface area contributed by atoms with Gasteiger partial charge >= 0.3 is 5.97 Å². The van der Waals surface area contributed by atoms with Crippen molar-refractivity contribution in [3.8, 4) is 0 Å². The van der Waals surface area contributed by atoms with E-state index in [9.17, 15) is 4.79 Å². The number of benzene rings is 1. The summed E-state index contributed by atoms with van der Waals surface area (Å²) in [5, 5.41) is 9.81. The standard InChI is InChI=1S/C12H13NO2/c1-8-3-2-4-10-12(8)9(7-13-10)5-6-11(14)15/h2-4,7,13H,5-6H2,1H3,(H,14,15). The molecule has 2 N–H and O–H groups in total. The number of aromatic amines is 1. The van der Waals surface area contributed by atoms with Crippen molar-refractivity contribution in [1.29, 1.82) is 0 Å². The molecule has 0 radical (unpaired) electrons. The van der Waals surface area contributed by atoms with Crippen LogP contribution in [-0.2, 0) is 11.2 Å². The minimum atomic E-state index is -0.752. The van der Waals surface area contributed by atoms with Crippen LogP contribution in [0.1, 0.15) is 17.5 Å². The van der Waals surface area contributed by atoms with Gasteiger partial charge in [-0.3, -0.25) is 4.79 Å². The fraction of sp³-hybridized carbons (Fsp3) is 0.250. The first-order valence-electron chi connectivity index (χ1n) is 4.96. The number of aliphatic carboxylic acids is 1. The van der Waals surface area contributed by atoms with Crippen LogP contribution in [-0.4, -0.2) is 16.1 Å².